The van der Waals surface area contributed by atoms with Crippen LogP contribution in [0.15, 0.2) is 182 Å². The first kappa shape index (κ1) is 72.7. The SMILES string of the molecule is C.C.C.CC.CC.CC.CC.CC.CC.CC.CC.CC1(C)c2ccccc2Cc2ccccc21.CCN(Cc1ccc2c(c1)C1(c3ccccc3C2)c2ccccc2-c2ccccc21)Cc1cccc2c1-c1ccccc1C2. The summed E-state index contributed by atoms with van der Waals surface area (Å²) in [6, 6.07) is 68.2. The summed E-state index contributed by atoms with van der Waals surface area (Å²) >= 11 is 0. The third kappa shape index (κ3) is 14.9. The molecular weight excluding hydrogens is 951 g/mol. The Hall–Kier alpha value is -6.28. The fourth-order valence-corrected chi connectivity index (χ4v) is 11.5. The minimum atomic E-state index is -0.297. The van der Waals surface area contributed by atoms with Crippen LogP contribution in [0.1, 0.15) is 232 Å². The highest BCUT2D eigenvalue weighted by Crippen LogP contribution is 2.59. The molecule has 0 bridgehead atoms. The fourth-order valence-electron chi connectivity index (χ4n) is 11.5. The molecule has 0 amide bonds. The minimum Gasteiger partial charge on any atom is -0.295 e. The Morgan fingerprint density at radius 1 is 0.329 bits per heavy atom. The molecule has 12 rings (SSSR count). The molecule has 0 fully saturated rings. The standard InChI is InChI=1S/C43H35N.C16H16.8C2H6.3CH4/c1-2-44(28-34-15-11-14-33-25-30-12-3-5-16-35(30)42(33)34)27-29-22-23-32-26-31-13-4-8-19-38(31)43(41(32)24-29)39-20-9-6-17-36(39)37-18-7-10-21-40(37)43;1-16(2)14-9-5-3-7-12(14)11-13-8-4-6-10-15(13)16;8*1-2;;;/h3-24H,2,25-28H2,1H3;3-10H,11H2,1-2H3;8*1-2H3;3*1H4. The van der Waals surface area contributed by atoms with Crippen LogP contribution in [0.2, 0.25) is 0 Å². The highest BCUT2D eigenvalue weighted by atomic mass is 15.1. The first-order valence-corrected chi connectivity index (χ1v) is 29.9. The van der Waals surface area contributed by atoms with Gasteiger partial charge in [0.1, 0.15) is 0 Å². The van der Waals surface area contributed by atoms with Crippen LogP contribution in [0.5, 0.6) is 0 Å². The average Bonchev–Trinajstić information content (AvgIpc) is 4.09. The van der Waals surface area contributed by atoms with Crippen LogP contribution < -0.4 is 0 Å². The molecule has 4 aliphatic carbocycles. The molecule has 0 atom stereocenters. The Morgan fingerprint density at radius 3 is 1.15 bits per heavy atom. The third-order valence-electron chi connectivity index (χ3n) is 14.2. The lowest BCUT2D eigenvalue weighted by Crippen LogP contribution is -2.34. The predicted molar refractivity (Wildman–Crippen MR) is 360 cm³/mol. The molecule has 4 aliphatic rings. The Balaban J connectivity index is 0.00000146. The van der Waals surface area contributed by atoms with Crippen molar-refractivity contribution in [3.8, 4) is 22.3 Å². The summed E-state index contributed by atoms with van der Waals surface area (Å²) in [5.41, 5.74) is 25.7. The zero-order valence-electron chi connectivity index (χ0n) is 51.0. The van der Waals surface area contributed by atoms with Crippen molar-refractivity contribution in [1.29, 1.82) is 0 Å². The van der Waals surface area contributed by atoms with Gasteiger partial charge in [0.25, 0.3) is 0 Å². The molecule has 0 aliphatic heterocycles. The zero-order chi connectivity index (χ0) is 56.4. The highest BCUT2D eigenvalue weighted by Gasteiger charge is 2.49. The van der Waals surface area contributed by atoms with Gasteiger partial charge in [-0.2, -0.15) is 0 Å². The van der Waals surface area contributed by atoms with Gasteiger partial charge in [-0.15, -0.1) is 0 Å². The van der Waals surface area contributed by atoms with E-state index in [-0.39, 0.29) is 33.1 Å². The molecule has 0 N–H and O–H groups in total. The van der Waals surface area contributed by atoms with Crippen molar-refractivity contribution < 1.29 is 0 Å². The van der Waals surface area contributed by atoms with Crippen LogP contribution in [0.4, 0.5) is 0 Å². The molecule has 1 nitrogen and oxygen atoms in total. The van der Waals surface area contributed by atoms with Crippen LogP contribution in [-0.2, 0) is 43.2 Å². The molecule has 8 aromatic carbocycles. The van der Waals surface area contributed by atoms with Crippen LogP contribution in [0.3, 0.4) is 0 Å². The summed E-state index contributed by atoms with van der Waals surface area (Å²) in [4.78, 5) is 2.61. The van der Waals surface area contributed by atoms with E-state index in [0.717, 1.165) is 38.9 Å². The second-order valence-electron chi connectivity index (χ2n) is 17.9. The molecule has 1 heteroatoms. The van der Waals surface area contributed by atoms with E-state index in [1.54, 1.807) is 0 Å². The highest BCUT2D eigenvalue weighted by molar-refractivity contribution is 5.88. The molecule has 1 spiro atoms. The summed E-state index contributed by atoms with van der Waals surface area (Å²) in [6.45, 7) is 41.8. The largest absolute Gasteiger partial charge is 0.295 e. The van der Waals surface area contributed by atoms with Crippen molar-refractivity contribution >= 4 is 0 Å². The summed E-state index contributed by atoms with van der Waals surface area (Å²) in [7, 11) is 0. The van der Waals surface area contributed by atoms with Crippen LogP contribution in [0, 0.1) is 0 Å². The monoisotopic (exact) mass is 1060 g/mol. The van der Waals surface area contributed by atoms with Crippen molar-refractivity contribution in [3.63, 3.8) is 0 Å². The molecule has 0 radical (unpaired) electrons. The van der Waals surface area contributed by atoms with Gasteiger partial charge in [0.2, 0.25) is 0 Å². The van der Waals surface area contributed by atoms with E-state index >= 15 is 0 Å². The van der Waals surface area contributed by atoms with Gasteiger partial charge in [-0.05, 0) is 126 Å². The van der Waals surface area contributed by atoms with E-state index in [2.05, 4.69) is 208 Å². The van der Waals surface area contributed by atoms with Crippen molar-refractivity contribution in [2.24, 2.45) is 0 Å². The van der Waals surface area contributed by atoms with E-state index in [1.807, 2.05) is 111 Å². The van der Waals surface area contributed by atoms with Gasteiger partial charge in [0.15, 0.2) is 0 Å². The van der Waals surface area contributed by atoms with E-state index in [9.17, 15) is 0 Å². The van der Waals surface area contributed by atoms with Crippen molar-refractivity contribution in [2.75, 3.05) is 6.54 Å². The van der Waals surface area contributed by atoms with Gasteiger partial charge in [0.05, 0.1) is 5.41 Å². The average molecular weight is 1060 g/mol. The Bertz CT molecular complexity index is 2850. The first-order valence-electron chi connectivity index (χ1n) is 29.9. The number of benzene rings is 8. The van der Waals surface area contributed by atoms with Gasteiger partial charge < -0.3 is 0 Å². The van der Waals surface area contributed by atoms with Gasteiger partial charge in [-0.3, -0.25) is 4.90 Å². The smallest absolute Gasteiger partial charge is 0.0719 e. The molecule has 0 aromatic heterocycles. The molecular formula is C78H111N. The van der Waals surface area contributed by atoms with Gasteiger partial charge in [-0.25, -0.2) is 0 Å². The van der Waals surface area contributed by atoms with E-state index < -0.39 is 0 Å². The number of rotatable bonds is 5. The summed E-state index contributed by atoms with van der Waals surface area (Å²) in [6.07, 6.45) is 3.10. The maximum atomic E-state index is 2.61. The van der Waals surface area contributed by atoms with Crippen LogP contribution in [-0.4, -0.2) is 11.4 Å². The molecule has 0 heterocycles. The lowest BCUT2D eigenvalue weighted by Gasteiger charge is -2.40. The minimum absolute atomic E-state index is 0. The molecule has 8 aromatic rings. The second-order valence-corrected chi connectivity index (χ2v) is 17.9. The van der Waals surface area contributed by atoms with Crippen molar-refractivity contribution in [3.05, 3.63) is 260 Å². The number of nitrogens with zero attached hydrogens (tertiary/aromatic N) is 1. The van der Waals surface area contributed by atoms with E-state index in [1.165, 1.54) is 100 Å². The van der Waals surface area contributed by atoms with E-state index in [4.69, 9.17) is 0 Å². The molecule has 428 valence electrons. The normalized spacial score (nSPS) is 12.0. The fraction of sp³-hybridized carbons (Fsp3) is 0.385. The molecule has 0 saturated carbocycles. The topological polar surface area (TPSA) is 3.24 Å². The maximum absolute atomic E-state index is 2.61. The molecule has 79 heavy (non-hydrogen) atoms. The van der Waals surface area contributed by atoms with Crippen molar-refractivity contribution in [1.82, 2.24) is 4.90 Å². The van der Waals surface area contributed by atoms with E-state index in [0.29, 0.717) is 0 Å². The van der Waals surface area contributed by atoms with Crippen LogP contribution >= 0.6 is 0 Å². The van der Waals surface area contributed by atoms with Crippen LogP contribution in [0.25, 0.3) is 22.3 Å². The lowest BCUT2D eigenvalue weighted by molar-refractivity contribution is 0.271. The van der Waals surface area contributed by atoms with Gasteiger partial charge >= 0.3 is 0 Å². The number of hydrogen-bond acceptors (Lipinski definition) is 1. The first-order chi connectivity index (χ1) is 37.4. The van der Waals surface area contributed by atoms with Gasteiger partial charge in [-0.1, -0.05) is 336 Å². The summed E-state index contributed by atoms with van der Waals surface area (Å²) < 4.78 is 0. The molecule has 0 unspecified atom stereocenters. The number of hydrogen-bond donors (Lipinski definition) is 0. The third-order valence-corrected chi connectivity index (χ3v) is 14.2. The quantitative estimate of drug-likeness (QED) is 0.166. The lowest BCUT2D eigenvalue weighted by atomic mass is 9.61. The van der Waals surface area contributed by atoms with Crippen molar-refractivity contribution in [2.45, 2.75) is 197 Å². The number of fused-ring (bicyclic) bond motifs is 14. The van der Waals surface area contributed by atoms with Gasteiger partial charge in [0, 0.05) is 18.5 Å². The second kappa shape index (κ2) is 36.8. The predicted octanol–water partition coefficient (Wildman–Crippen LogP) is 23.6. The maximum Gasteiger partial charge on any atom is 0.0719 e. The Morgan fingerprint density at radius 2 is 0.684 bits per heavy atom. The zero-order valence-corrected chi connectivity index (χ0v) is 51.0. The summed E-state index contributed by atoms with van der Waals surface area (Å²) in [5.74, 6) is 0. The Kier molecular flexibility index (Phi) is 33.9. The Labute approximate surface area is 488 Å². The summed E-state index contributed by atoms with van der Waals surface area (Å²) in [5, 5.41) is 0. The molecule has 0 saturated heterocycles.